The van der Waals surface area contributed by atoms with Crippen LogP contribution in [0.15, 0.2) is 18.2 Å². The lowest BCUT2D eigenvalue weighted by atomic mass is 9.96. The van der Waals surface area contributed by atoms with E-state index >= 15 is 0 Å². The molecule has 16 heavy (non-hydrogen) atoms. The topological polar surface area (TPSA) is 35.2 Å². The van der Waals surface area contributed by atoms with E-state index in [0.29, 0.717) is 5.92 Å². The molecule has 3 rings (SSSR count). The zero-order chi connectivity index (χ0) is 11.3. The van der Waals surface area contributed by atoms with Crippen LogP contribution in [0.4, 0.5) is 0 Å². The van der Waals surface area contributed by atoms with E-state index in [9.17, 15) is 0 Å². The summed E-state index contributed by atoms with van der Waals surface area (Å²) < 4.78 is 5.86. The molecule has 0 bridgehead atoms. The summed E-state index contributed by atoms with van der Waals surface area (Å²) in [5.74, 6) is 1.75. The summed E-state index contributed by atoms with van der Waals surface area (Å²) in [6, 6.07) is 6.69. The van der Waals surface area contributed by atoms with E-state index in [4.69, 9.17) is 10.5 Å². The van der Waals surface area contributed by atoms with Crippen molar-refractivity contribution in [1.29, 1.82) is 0 Å². The maximum atomic E-state index is 6.22. The monoisotopic (exact) mass is 217 g/mol. The highest BCUT2D eigenvalue weighted by atomic mass is 16.5. The van der Waals surface area contributed by atoms with Crippen LogP contribution in [0.1, 0.15) is 43.9 Å². The van der Waals surface area contributed by atoms with Gasteiger partial charge in [0.25, 0.3) is 0 Å². The fraction of sp³-hybridized carbons (Fsp3) is 0.571. The van der Waals surface area contributed by atoms with Gasteiger partial charge in [-0.1, -0.05) is 12.1 Å². The minimum Gasteiger partial charge on any atom is -0.487 e. The molecular formula is C14H19NO. The minimum absolute atomic E-state index is 0.0510. The molecule has 2 nitrogen and oxygen atoms in total. The molecule has 0 radical (unpaired) electrons. The number of hydrogen-bond donors (Lipinski definition) is 1. The molecule has 1 aliphatic heterocycles. The van der Waals surface area contributed by atoms with Gasteiger partial charge in [0.05, 0.1) is 0 Å². The molecule has 1 atom stereocenters. The summed E-state index contributed by atoms with van der Waals surface area (Å²) in [6.45, 7) is 4.26. The Balaban J connectivity index is 1.89. The van der Waals surface area contributed by atoms with Gasteiger partial charge >= 0.3 is 0 Å². The molecule has 1 saturated carbocycles. The molecule has 1 aromatic carbocycles. The fourth-order valence-electron chi connectivity index (χ4n) is 2.56. The highest BCUT2D eigenvalue weighted by Crippen LogP contribution is 2.42. The van der Waals surface area contributed by atoms with Crippen LogP contribution in [0.5, 0.6) is 5.75 Å². The maximum Gasteiger partial charge on any atom is 0.123 e. The van der Waals surface area contributed by atoms with Gasteiger partial charge in [-0.25, -0.2) is 0 Å². The molecule has 1 heterocycles. The third kappa shape index (κ3) is 1.71. The first-order chi connectivity index (χ1) is 7.55. The Morgan fingerprint density at radius 2 is 2.12 bits per heavy atom. The summed E-state index contributed by atoms with van der Waals surface area (Å²) in [4.78, 5) is 0. The number of fused-ring (bicyclic) bond motifs is 1. The maximum absolute atomic E-state index is 6.22. The number of ether oxygens (including phenoxy) is 1. The molecule has 0 spiro atoms. The van der Waals surface area contributed by atoms with Crippen LogP contribution in [-0.4, -0.2) is 5.60 Å². The van der Waals surface area contributed by atoms with Gasteiger partial charge in [0.2, 0.25) is 0 Å². The molecule has 2 heteroatoms. The van der Waals surface area contributed by atoms with E-state index in [1.54, 1.807) is 0 Å². The average molecular weight is 217 g/mol. The van der Waals surface area contributed by atoms with Crippen LogP contribution < -0.4 is 10.5 Å². The molecule has 2 aliphatic rings. The Hall–Kier alpha value is -1.02. The Labute approximate surface area is 96.8 Å². The summed E-state index contributed by atoms with van der Waals surface area (Å²) >= 11 is 0. The second-order valence-electron chi connectivity index (χ2n) is 5.77. The van der Waals surface area contributed by atoms with Crippen LogP contribution in [0.25, 0.3) is 0 Å². The number of rotatable bonds is 2. The molecule has 1 unspecified atom stereocenters. The van der Waals surface area contributed by atoms with Crippen molar-refractivity contribution in [3.63, 3.8) is 0 Å². The second kappa shape index (κ2) is 3.24. The largest absolute Gasteiger partial charge is 0.487 e. The molecule has 86 valence electrons. The fourth-order valence-corrected chi connectivity index (χ4v) is 2.56. The summed E-state index contributed by atoms with van der Waals surface area (Å²) in [7, 11) is 0. The van der Waals surface area contributed by atoms with Gasteiger partial charge in [-0.2, -0.15) is 0 Å². The van der Waals surface area contributed by atoms with Gasteiger partial charge < -0.3 is 10.5 Å². The van der Waals surface area contributed by atoms with Crippen LogP contribution in [-0.2, 0) is 6.42 Å². The SMILES string of the molecule is CC1(C)Cc2cc(C(N)C3CC3)ccc2O1. The van der Waals surface area contributed by atoms with E-state index in [1.807, 2.05) is 0 Å². The molecule has 0 saturated heterocycles. The van der Waals surface area contributed by atoms with E-state index < -0.39 is 0 Å². The highest BCUT2D eigenvalue weighted by Gasteiger charge is 2.33. The normalized spacial score (nSPS) is 23.7. The van der Waals surface area contributed by atoms with Crippen LogP contribution in [0.2, 0.25) is 0 Å². The summed E-state index contributed by atoms with van der Waals surface area (Å²) in [6.07, 6.45) is 3.58. The van der Waals surface area contributed by atoms with E-state index in [-0.39, 0.29) is 11.6 Å². The Kier molecular flexibility index (Phi) is 2.05. The molecule has 1 aliphatic carbocycles. The van der Waals surface area contributed by atoms with Gasteiger partial charge in [0, 0.05) is 12.5 Å². The quantitative estimate of drug-likeness (QED) is 0.826. The highest BCUT2D eigenvalue weighted by molar-refractivity contribution is 5.42. The summed E-state index contributed by atoms with van der Waals surface area (Å²) in [5.41, 5.74) is 8.77. The standard InChI is InChI=1S/C14H19NO/c1-14(2)8-11-7-10(5-6-12(11)16-14)13(15)9-3-4-9/h5-7,9,13H,3-4,8,15H2,1-2H3. The van der Waals surface area contributed by atoms with Gasteiger partial charge in [0.15, 0.2) is 0 Å². The first-order valence-electron chi connectivity index (χ1n) is 6.13. The van der Waals surface area contributed by atoms with Gasteiger partial charge in [-0.05, 0) is 49.8 Å². The van der Waals surface area contributed by atoms with Crippen LogP contribution >= 0.6 is 0 Å². The number of benzene rings is 1. The van der Waals surface area contributed by atoms with Crippen molar-refractivity contribution < 1.29 is 4.74 Å². The minimum atomic E-state index is -0.0510. The molecule has 0 amide bonds. The molecule has 2 N–H and O–H groups in total. The first-order valence-corrected chi connectivity index (χ1v) is 6.13. The van der Waals surface area contributed by atoms with Crippen molar-refractivity contribution in [3.8, 4) is 5.75 Å². The van der Waals surface area contributed by atoms with Crippen molar-refractivity contribution in [3.05, 3.63) is 29.3 Å². The summed E-state index contributed by atoms with van der Waals surface area (Å²) in [5, 5.41) is 0. The van der Waals surface area contributed by atoms with E-state index in [2.05, 4.69) is 32.0 Å². The zero-order valence-corrected chi connectivity index (χ0v) is 9.99. The van der Waals surface area contributed by atoms with Crippen LogP contribution in [0, 0.1) is 5.92 Å². The molecular weight excluding hydrogens is 198 g/mol. The van der Waals surface area contributed by atoms with Crippen molar-refractivity contribution in [2.75, 3.05) is 0 Å². The van der Waals surface area contributed by atoms with Gasteiger partial charge in [-0.15, -0.1) is 0 Å². The predicted octanol–water partition coefficient (Wildman–Crippen LogP) is 2.81. The Bertz CT molecular complexity index is 421. The lowest BCUT2D eigenvalue weighted by Gasteiger charge is -2.16. The van der Waals surface area contributed by atoms with Crippen molar-refractivity contribution in [2.45, 2.75) is 44.8 Å². The van der Waals surface area contributed by atoms with Crippen molar-refractivity contribution in [2.24, 2.45) is 11.7 Å². The number of nitrogens with two attached hydrogens (primary N) is 1. The molecule has 1 aromatic rings. The van der Waals surface area contributed by atoms with E-state index in [1.165, 1.54) is 24.0 Å². The van der Waals surface area contributed by atoms with Crippen LogP contribution in [0.3, 0.4) is 0 Å². The number of hydrogen-bond acceptors (Lipinski definition) is 2. The van der Waals surface area contributed by atoms with Gasteiger partial charge in [0.1, 0.15) is 11.4 Å². The third-order valence-corrected chi connectivity index (χ3v) is 3.60. The van der Waals surface area contributed by atoms with E-state index in [0.717, 1.165) is 12.2 Å². The predicted molar refractivity (Wildman–Crippen MR) is 64.5 cm³/mol. The first kappa shape index (κ1) is 10.2. The smallest absolute Gasteiger partial charge is 0.123 e. The third-order valence-electron chi connectivity index (χ3n) is 3.60. The Morgan fingerprint density at radius 1 is 1.38 bits per heavy atom. The molecule has 0 aromatic heterocycles. The van der Waals surface area contributed by atoms with Gasteiger partial charge in [-0.3, -0.25) is 0 Å². The lowest BCUT2D eigenvalue weighted by molar-refractivity contribution is 0.138. The zero-order valence-electron chi connectivity index (χ0n) is 9.99. The lowest BCUT2D eigenvalue weighted by Crippen LogP contribution is -2.24. The van der Waals surface area contributed by atoms with Crippen molar-refractivity contribution >= 4 is 0 Å². The second-order valence-corrected chi connectivity index (χ2v) is 5.77. The van der Waals surface area contributed by atoms with Crippen molar-refractivity contribution in [1.82, 2.24) is 0 Å². The Morgan fingerprint density at radius 3 is 2.81 bits per heavy atom. The average Bonchev–Trinajstić information content (AvgIpc) is 2.98. The molecule has 1 fully saturated rings.